The van der Waals surface area contributed by atoms with E-state index < -0.39 is 0 Å². The Kier molecular flexibility index (Phi) is 2.26. The van der Waals surface area contributed by atoms with Gasteiger partial charge in [-0.3, -0.25) is 0 Å². The summed E-state index contributed by atoms with van der Waals surface area (Å²) < 4.78 is 12.7. The molecule has 0 aliphatic rings. The highest BCUT2D eigenvalue weighted by Crippen LogP contribution is 2.18. The maximum Gasteiger partial charge on any atom is 0.139 e. The smallest absolute Gasteiger partial charge is 0.139 e. The minimum absolute atomic E-state index is 0.247. The van der Waals surface area contributed by atoms with Gasteiger partial charge in [-0.2, -0.15) is 0 Å². The highest BCUT2D eigenvalue weighted by atomic mass is 19.1. The van der Waals surface area contributed by atoms with Gasteiger partial charge in [0.1, 0.15) is 17.3 Å². The second-order valence-electron chi connectivity index (χ2n) is 3.74. The van der Waals surface area contributed by atoms with E-state index in [1.165, 1.54) is 12.1 Å². The van der Waals surface area contributed by atoms with Gasteiger partial charge in [0, 0.05) is 17.3 Å². The number of hydrogen-bond donors (Lipinski definition) is 2. The Morgan fingerprint density at radius 1 is 1.00 bits per heavy atom. The molecule has 2 N–H and O–H groups in total. The molecule has 0 saturated heterocycles. The van der Waals surface area contributed by atoms with Crippen molar-refractivity contribution in [2.75, 3.05) is 5.32 Å². The molecule has 3 aromatic rings. The summed E-state index contributed by atoms with van der Waals surface area (Å²) in [6.45, 7) is 0. The van der Waals surface area contributed by atoms with Crippen molar-refractivity contribution in [3.63, 3.8) is 0 Å². The van der Waals surface area contributed by atoms with Crippen LogP contribution in [0.1, 0.15) is 0 Å². The highest BCUT2D eigenvalue weighted by Gasteiger charge is 1.99. The molecule has 0 amide bonds. The van der Waals surface area contributed by atoms with E-state index >= 15 is 0 Å². The first-order valence-corrected chi connectivity index (χ1v) is 5.28. The number of fused-ring (bicyclic) bond motifs is 1. The number of aromatic amines is 1. The molecule has 0 spiro atoms. The van der Waals surface area contributed by atoms with E-state index in [0.29, 0.717) is 0 Å². The zero-order chi connectivity index (χ0) is 11.7. The summed E-state index contributed by atoms with van der Waals surface area (Å²) in [5.74, 6) is 0.481. The summed E-state index contributed by atoms with van der Waals surface area (Å²) in [5.41, 5.74) is 1.64. The second-order valence-corrected chi connectivity index (χ2v) is 3.74. The molecule has 0 unspecified atom stereocenters. The third-order valence-corrected chi connectivity index (χ3v) is 2.53. The monoisotopic (exact) mass is 227 g/mol. The Balaban J connectivity index is 1.91. The molecule has 3 rings (SSSR count). The van der Waals surface area contributed by atoms with Crippen LogP contribution in [0.4, 0.5) is 15.9 Å². The summed E-state index contributed by atoms with van der Waals surface area (Å²) in [4.78, 5) is 7.44. The lowest BCUT2D eigenvalue weighted by Gasteiger charge is -2.05. The fraction of sp³-hybridized carbons (Fsp3) is 0. The lowest BCUT2D eigenvalue weighted by atomic mass is 10.3. The van der Waals surface area contributed by atoms with Gasteiger partial charge in [-0.1, -0.05) is 0 Å². The lowest BCUT2D eigenvalue weighted by Crippen LogP contribution is -1.93. The van der Waals surface area contributed by atoms with E-state index in [9.17, 15) is 4.39 Å². The minimum Gasteiger partial charge on any atom is -0.346 e. The number of halogens is 1. The van der Waals surface area contributed by atoms with Crippen molar-refractivity contribution in [2.45, 2.75) is 0 Å². The van der Waals surface area contributed by atoms with Crippen LogP contribution in [0.3, 0.4) is 0 Å². The summed E-state index contributed by atoms with van der Waals surface area (Å²) >= 11 is 0. The number of rotatable bonds is 2. The van der Waals surface area contributed by atoms with Gasteiger partial charge in [0.2, 0.25) is 0 Å². The molecule has 0 radical (unpaired) electrons. The van der Waals surface area contributed by atoms with Crippen molar-refractivity contribution in [2.24, 2.45) is 0 Å². The van der Waals surface area contributed by atoms with Gasteiger partial charge in [0.05, 0.1) is 0 Å². The number of anilines is 2. The van der Waals surface area contributed by atoms with Gasteiger partial charge in [-0.15, -0.1) is 0 Å². The largest absolute Gasteiger partial charge is 0.346 e. The van der Waals surface area contributed by atoms with E-state index in [-0.39, 0.29) is 5.82 Å². The molecule has 2 aromatic heterocycles. The van der Waals surface area contributed by atoms with Crippen LogP contribution in [0.15, 0.2) is 48.7 Å². The van der Waals surface area contributed by atoms with Gasteiger partial charge in [0.25, 0.3) is 0 Å². The van der Waals surface area contributed by atoms with Crippen molar-refractivity contribution in [1.29, 1.82) is 0 Å². The maximum atomic E-state index is 12.7. The van der Waals surface area contributed by atoms with E-state index in [4.69, 9.17) is 0 Å². The quantitative estimate of drug-likeness (QED) is 0.704. The SMILES string of the molecule is Fc1ccc(Nc2ccc3cc[nH]c3n2)cc1. The molecular weight excluding hydrogens is 217 g/mol. The molecule has 3 nitrogen and oxygen atoms in total. The highest BCUT2D eigenvalue weighted by molar-refractivity contribution is 5.77. The first-order valence-electron chi connectivity index (χ1n) is 5.28. The average molecular weight is 227 g/mol. The lowest BCUT2D eigenvalue weighted by molar-refractivity contribution is 0.628. The van der Waals surface area contributed by atoms with Crippen molar-refractivity contribution < 1.29 is 4.39 Å². The standard InChI is InChI=1S/C13H10FN3/c14-10-2-4-11(5-3-10)16-12-6-1-9-7-8-15-13(9)17-12/h1-8H,(H2,15,16,17). The number of aromatic nitrogens is 2. The second kappa shape index (κ2) is 3.90. The molecule has 4 heteroatoms. The number of nitrogens with one attached hydrogen (secondary N) is 2. The molecular formula is C13H10FN3. The van der Waals surface area contributed by atoms with Gasteiger partial charge >= 0.3 is 0 Å². The van der Waals surface area contributed by atoms with Crippen LogP contribution in [-0.2, 0) is 0 Å². The number of hydrogen-bond acceptors (Lipinski definition) is 2. The Morgan fingerprint density at radius 3 is 2.65 bits per heavy atom. The summed E-state index contributed by atoms with van der Waals surface area (Å²) in [6, 6.07) is 12.0. The number of nitrogens with zero attached hydrogens (tertiary/aromatic N) is 1. The third kappa shape index (κ3) is 1.97. The van der Waals surface area contributed by atoms with E-state index in [1.807, 2.05) is 24.4 Å². The van der Waals surface area contributed by atoms with Crippen LogP contribution in [0.5, 0.6) is 0 Å². The predicted octanol–water partition coefficient (Wildman–Crippen LogP) is 3.45. The Bertz CT molecular complexity index is 643. The molecule has 17 heavy (non-hydrogen) atoms. The Morgan fingerprint density at radius 2 is 1.82 bits per heavy atom. The van der Waals surface area contributed by atoms with Crippen LogP contribution in [-0.4, -0.2) is 9.97 Å². The molecule has 0 atom stereocenters. The predicted molar refractivity (Wildman–Crippen MR) is 65.8 cm³/mol. The van der Waals surface area contributed by atoms with E-state index in [0.717, 1.165) is 22.5 Å². The zero-order valence-electron chi connectivity index (χ0n) is 8.94. The van der Waals surface area contributed by atoms with Crippen LogP contribution in [0.2, 0.25) is 0 Å². The van der Waals surface area contributed by atoms with Crippen LogP contribution in [0, 0.1) is 5.82 Å². The van der Waals surface area contributed by atoms with Gasteiger partial charge in [-0.05, 0) is 42.5 Å². The maximum absolute atomic E-state index is 12.7. The number of benzene rings is 1. The molecule has 84 valence electrons. The Labute approximate surface area is 97.3 Å². The van der Waals surface area contributed by atoms with Crippen LogP contribution in [0.25, 0.3) is 11.0 Å². The molecule has 0 saturated carbocycles. The van der Waals surface area contributed by atoms with Crippen molar-refractivity contribution in [1.82, 2.24) is 9.97 Å². The third-order valence-electron chi connectivity index (χ3n) is 2.53. The fourth-order valence-electron chi connectivity index (χ4n) is 1.68. The molecule has 2 heterocycles. The van der Waals surface area contributed by atoms with Gasteiger partial charge in [-0.25, -0.2) is 9.37 Å². The van der Waals surface area contributed by atoms with E-state index in [1.54, 1.807) is 12.1 Å². The normalized spacial score (nSPS) is 10.6. The first-order chi connectivity index (χ1) is 8.31. The number of pyridine rings is 1. The Hall–Kier alpha value is -2.36. The summed E-state index contributed by atoms with van der Waals surface area (Å²) in [7, 11) is 0. The first kappa shape index (κ1) is 9.84. The van der Waals surface area contributed by atoms with Gasteiger partial charge in [0.15, 0.2) is 0 Å². The molecule has 0 fully saturated rings. The van der Waals surface area contributed by atoms with Crippen molar-refractivity contribution >= 4 is 22.5 Å². The van der Waals surface area contributed by atoms with Crippen LogP contribution >= 0.6 is 0 Å². The topological polar surface area (TPSA) is 40.7 Å². The number of H-pyrrole nitrogens is 1. The molecule has 0 aliphatic heterocycles. The van der Waals surface area contributed by atoms with Crippen LogP contribution < -0.4 is 5.32 Å². The van der Waals surface area contributed by atoms with Crippen molar-refractivity contribution in [3.05, 3.63) is 54.5 Å². The summed E-state index contributed by atoms with van der Waals surface area (Å²) in [6.07, 6.45) is 1.85. The van der Waals surface area contributed by atoms with Gasteiger partial charge < -0.3 is 10.3 Å². The van der Waals surface area contributed by atoms with Crippen molar-refractivity contribution in [3.8, 4) is 0 Å². The fourth-order valence-corrected chi connectivity index (χ4v) is 1.68. The van der Waals surface area contributed by atoms with E-state index in [2.05, 4.69) is 15.3 Å². The molecule has 1 aromatic carbocycles. The molecule has 0 aliphatic carbocycles. The molecule has 0 bridgehead atoms. The average Bonchev–Trinajstić information content (AvgIpc) is 2.79. The zero-order valence-corrected chi connectivity index (χ0v) is 8.94. The minimum atomic E-state index is -0.247. The summed E-state index contributed by atoms with van der Waals surface area (Å²) in [5, 5.41) is 4.18.